The predicted molar refractivity (Wildman–Crippen MR) is 123 cm³/mol. The van der Waals surface area contributed by atoms with Gasteiger partial charge in [-0.25, -0.2) is 8.42 Å². The minimum Gasteiger partial charge on any atom is -0.459 e. The number of nitrogens with one attached hydrogen (secondary N) is 2. The lowest BCUT2D eigenvalue weighted by atomic mass is 10.0. The van der Waals surface area contributed by atoms with E-state index in [0.29, 0.717) is 18.8 Å². The van der Waals surface area contributed by atoms with Crippen molar-refractivity contribution in [2.45, 2.75) is 30.2 Å². The molecule has 1 aliphatic rings. The average Bonchev–Trinajstić information content (AvgIpc) is 3.54. The highest BCUT2D eigenvalue weighted by Crippen LogP contribution is 2.23. The van der Waals surface area contributed by atoms with Gasteiger partial charge in [0.1, 0.15) is 6.04 Å². The van der Waals surface area contributed by atoms with Crippen LogP contribution in [0.2, 0.25) is 0 Å². The predicted octanol–water partition coefficient (Wildman–Crippen LogP) is 3.04. The van der Waals surface area contributed by atoms with E-state index in [4.69, 9.17) is 4.42 Å². The second kappa shape index (κ2) is 10.0. The normalized spacial score (nSPS) is 15.2. The molecule has 2 amide bonds. The largest absolute Gasteiger partial charge is 0.459 e. The molecule has 1 aliphatic heterocycles. The van der Waals surface area contributed by atoms with Gasteiger partial charge in [0, 0.05) is 25.2 Å². The number of sulfonamides is 1. The van der Waals surface area contributed by atoms with Gasteiger partial charge in [-0.1, -0.05) is 36.4 Å². The molecule has 1 atom stereocenters. The fraction of sp³-hybridized carbons (Fsp3) is 0.250. The van der Waals surface area contributed by atoms with Crippen LogP contribution in [-0.2, 0) is 21.2 Å². The maximum absolute atomic E-state index is 13.1. The number of rotatable bonds is 8. The van der Waals surface area contributed by atoms with Crippen molar-refractivity contribution < 1.29 is 22.4 Å². The molecule has 0 radical (unpaired) electrons. The van der Waals surface area contributed by atoms with E-state index < -0.39 is 27.9 Å². The van der Waals surface area contributed by atoms with Crippen LogP contribution in [0.15, 0.2) is 82.3 Å². The zero-order valence-electron chi connectivity index (χ0n) is 17.9. The highest BCUT2D eigenvalue weighted by atomic mass is 32.2. The first-order chi connectivity index (χ1) is 15.9. The molecule has 33 heavy (non-hydrogen) atoms. The molecule has 8 nitrogen and oxygen atoms in total. The Kier molecular flexibility index (Phi) is 6.90. The second-order valence-electron chi connectivity index (χ2n) is 7.82. The fourth-order valence-corrected chi connectivity index (χ4v) is 5.30. The maximum Gasteiger partial charge on any atom is 0.287 e. The summed E-state index contributed by atoms with van der Waals surface area (Å²) in [5.41, 5.74) is 1.20. The molecule has 1 saturated heterocycles. The highest BCUT2D eigenvalue weighted by Gasteiger charge is 2.28. The minimum atomic E-state index is -3.61. The van der Waals surface area contributed by atoms with Gasteiger partial charge in [-0.15, -0.1) is 0 Å². The Morgan fingerprint density at radius 2 is 1.73 bits per heavy atom. The van der Waals surface area contributed by atoms with Gasteiger partial charge >= 0.3 is 0 Å². The van der Waals surface area contributed by atoms with E-state index in [-0.39, 0.29) is 17.1 Å². The number of amides is 2. The standard InChI is InChI=1S/C24H25N3O5S/c28-23(25-19-10-6-11-20(17-19)33(30,31)27-13-4-5-14-27)21(16-18-8-2-1-3-9-18)26-24(29)22-12-7-15-32-22/h1-3,6-12,15,17,21H,4-5,13-14,16H2,(H,25,28)(H,26,29)/t21-/m1/s1. The summed E-state index contributed by atoms with van der Waals surface area (Å²) in [6.07, 6.45) is 3.32. The third-order valence-electron chi connectivity index (χ3n) is 5.45. The molecule has 0 bridgehead atoms. The van der Waals surface area contributed by atoms with Crippen LogP contribution >= 0.6 is 0 Å². The first kappa shape index (κ1) is 22.8. The van der Waals surface area contributed by atoms with Crippen LogP contribution in [0.1, 0.15) is 29.0 Å². The van der Waals surface area contributed by atoms with Crippen LogP contribution in [0.4, 0.5) is 5.69 Å². The number of carbonyl (C=O) groups is 2. The molecule has 0 saturated carbocycles. The molecule has 0 aliphatic carbocycles. The topological polar surface area (TPSA) is 109 Å². The van der Waals surface area contributed by atoms with E-state index in [1.165, 1.54) is 28.8 Å². The van der Waals surface area contributed by atoms with Crippen molar-refractivity contribution in [3.8, 4) is 0 Å². The number of nitrogens with zero attached hydrogens (tertiary/aromatic N) is 1. The van der Waals surface area contributed by atoms with Crippen molar-refractivity contribution in [1.82, 2.24) is 9.62 Å². The van der Waals surface area contributed by atoms with Gasteiger partial charge in [0.25, 0.3) is 5.91 Å². The summed E-state index contributed by atoms with van der Waals surface area (Å²) in [5, 5.41) is 5.46. The Balaban J connectivity index is 1.53. The van der Waals surface area contributed by atoms with Crippen molar-refractivity contribution in [1.29, 1.82) is 0 Å². The molecular formula is C24H25N3O5S. The van der Waals surface area contributed by atoms with Gasteiger partial charge in [0.15, 0.2) is 5.76 Å². The quantitative estimate of drug-likeness (QED) is 0.529. The highest BCUT2D eigenvalue weighted by molar-refractivity contribution is 7.89. The zero-order chi connectivity index (χ0) is 23.3. The zero-order valence-corrected chi connectivity index (χ0v) is 18.8. The molecule has 0 unspecified atom stereocenters. The van der Waals surface area contributed by atoms with Crippen LogP contribution in [0.25, 0.3) is 0 Å². The van der Waals surface area contributed by atoms with Gasteiger partial charge in [0.05, 0.1) is 11.2 Å². The molecule has 9 heteroatoms. The second-order valence-corrected chi connectivity index (χ2v) is 9.76. The molecule has 0 spiro atoms. The Morgan fingerprint density at radius 1 is 0.970 bits per heavy atom. The lowest BCUT2D eigenvalue weighted by Gasteiger charge is -2.19. The molecule has 2 heterocycles. The molecule has 172 valence electrons. The van der Waals surface area contributed by atoms with E-state index in [9.17, 15) is 18.0 Å². The lowest BCUT2D eigenvalue weighted by Crippen LogP contribution is -2.45. The number of furan rings is 1. The number of hydrogen-bond donors (Lipinski definition) is 2. The summed E-state index contributed by atoms with van der Waals surface area (Å²) < 4.78 is 32.3. The van der Waals surface area contributed by atoms with Gasteiger partial charge in [0.2, 0.25) is 15.9 Å². The van der Waals surface area contributed by atoms with Crippen molar-refractivity contribution in [2.75, 3.05) is 18.4 Å². The van der Waals surface area contributed by atoms with E-state index >= 15 is 0 Å². The molecule has 1 fully saturated rings. The summed E-state index contributed by atoms with van der Waals surface area (Å²) in [5.74, 6) is -0.879. The molecular weight excluding hydrogens is 442 g/mol. The third-order valence-corrected chi connectivity index (χ3v) is 7.35. The Bertz CT molecular complexity index is 1200. The molecule has 4 rings (SSSR count). The summed E-state index contributed by atoms with van der Waals surface area (Å²) in [6.45, 7) is 0.994. The fourth-order valence-electron chi connectivity index (χ4n) is 3.74. The van der Waals surface area contributed by atoms with Gasteiger partial charge in [-0.05, 0) is 48.7 Å². The number of hydrogen-bond acceptors (Lipinski definition) is 5. The lowest BCUT2D eigenvalue weighted by molar-refractivity contribution is -0.118. The van der Waals surface area contributed by atoms with E-state index in [0.717, 1.165) is 18.4 Å². The maximum atomic E-state index is 13.1. The molecule has 2 aromatic carbocycles. The summed E-state index contributed by atoms with van der Waals surface area (Å²) >= 11 is 0. The number of carbonyl (C=O) groups excluding carboxylic acids is 2. The Hall–Kier alpha value is -3.43. The van der Waals surface area contributed by atoms with Crippen LogP contribution in [0.3, 0.4) is 0 Å². The smallest absolute Gasteiger partial charge is 0.287 e. The minimum absolute atomic E-state index is 0.0968. The van der Waals surface area contributed by atoms with Crippen molar-refractivity contribution in [3.05, 3.63) is 84.3 Å². The Morgan fingerprint density at radius 3 is 2.42 bits per heavy atom. The van der Waals surface area contributed by atoms with Crippen LogP contribution in [-0.4, -0.2) is 43.7 Å². The Labute approximate surface area is 192 Å². The first-order valence-electron chi connectivity index (χ1n) is 10.7. The van der Waals surface area contributed by atoms with Gasteiger partial charge in [-0.2, -0.15) is 4.31 Å². The molecule has 3 aromatic rings. The SMILES string of the molecule is O=C(N[C@H](Cc1ccccc1)C(=O)Nc1cccc(S(=O)(=O)N2CCCC2)c1)c1ccco1. The van der Waals surface area contributed by atoms with Gasteiger partial charge < -0.3 is 15.1 Å². The molecule has 2 N–H and O–H groups in total. The van der Waals surface area contributed by atoms with E-state index in [1.807, 2.05) is 30.3 Å². The summed E-state index contributed by atoms with van der Waals surface area (Å²) in [7, 11) is -3.61. The molecule has 1 aromatic heterocycles. The third kappa shape index (κ3) is 5.50. The number of benzene rings is 2. The van der Waals surface area contributed by atoms with Crippen LogP contribution < -0.4 is 10.6 Å². The first-order valence-corrected chi connectivity index (χ1v) is 12.2. The van der Waals surface area contributed by atoms with E-state index in [1.54, 1.807) is 18.2 Å². The van der Waals surface area contributed by atoms with Crippen molar-refractivity contribution in [2.24, 2.45) is 0 Å². The van der Waals surface area contributed by atoms with Crippen molar-refractivity contribution >= 4 is 27.5 Å². The monoisotopic (exact) mass is 467 g/mol. The average molecular weight is 468 g/mol. The van der Waals surface area contributed by atoms with E-state index in [2.05, 4.69) is 10.6 Å². The summed E-state index contributed by atoms with van der Waals surface area (Å²) in [4.78, 5) is 25.8. The summed E-state index contributed by atoms with van der Waals surface area (Å²) in [6, 6.07) is 17.7. The van der Waals surface area contributed by atoms with Crippen LogP contribution in [0.5, 0.6) is 0 Å². The van der Waals surface area contributed by atoms with Crippen LogP contribution in [0, 0.1) is 0 Å². The van der Waals surface area contributed by atoms with Gasteiger partial charge in [-0.3, -0.25) is 9.59 Å². The van der Waals surface area contributed by atoms with Crippen molar-refractivity contribution in [3.63, 3.8) is 0 Å². The number of anilines is 1.